The number of carbonyl (C=O) groups excluding carboxylic acids is 1. The third-order valence-electron chi connectivity index (χ3n) is 7.68. The first-order valence-electron chi connectivity index (χ1n) is 14.0. The number of pyridine rings is 1. The van der Waals surface area contributed by atoms with Crippen LogP contribution in [0.15, 0.2) is 102 Å². The van der Waals surface area contributed by atoms with Crippen LogP contribution in [-0.2, 0) is 14.8 Å². The summed E-state index contributed by atoms with van der Waals surface area (Å²) in [5, 5.41) is 10.1. The predicted molar refractivity (Wildman–Crippen MR) is 171 cm³/mol. The first kappa shape index (κ1) is 32.4. The number of alkyl halides is 2. The Bertz CT molecular complexity index is 2410. The molecule has 0 bridgehead atoms. The number of halogens is 5. The zero-order valence-corrected chi connectivity index (χ0v) is 26.2. The van der Waals surface area contributed by atoms with Crippen molar-refractivity contribution >= 4 is 38.5 Å². The minimum atomic E-state index is -4.61. The quantitative estimate of drug-likeness (QED) is 0.123. The fourth-order valence-corrected chi connectivity index (χ4v) is 7.29. The Hall–Kier alpha value is -5.51. The summed E-state index contributed by atoms with van der Waals surface area (Å²) < 4.78 is 91.1. The molecule has 0 aliphatic carbocycles. The molecule has 0 aliphatic heterocycles. The second kappa shape index (κ2) is 12.6. The van der Waals surface area contributed by atoms with Crippen LogP contribution in [0.5, 0.6) is 0 Å². The van der Waals surface area contributed by atoms with Gasteiger partial charge in [-0.25, -0.2) is 34.7 Å². The smallest absolute Gasteiger partial charge is 0.340 e. The molecule has 4 aromatic carbocycles. The molecule has 0 atom stereocenters. The van der Waals surface area contributed by atoms with E-state index < -0.39 is 45.2 Å². The summed E-state index contributed by atoms with van der Waals surface area (Å²) in [6, 6.07) is 19.3. The zero-order valence-electron chi connectivity index (χ0n) is 24.6. The molecule has 0 spiro atoms. The van der Waals surface area contributed by atoms with Crippen LogP contribution >= 0.6 is 11.6 Å². The third-order valence-corrected chi connectivity index (χ3v) is 9.72. The maximum Gasteiger partial charge on any atom is 0.340 e. The lowest BCUT2D eigenvalue weighted by atomic mass is 9.94. The van der Waals surface area contributed by atoms with Gasteiger partial charge < -0.3 is 4.74 Å². The van der Waals surface area contributed by atoms with E-state index in [1.165, 1.54) is 30.6 Å². The molecule has 6 rings (SSSR count). The van der Waals surface area contributed by atoms with Gasteiger partial charge in [0, 0.05) is 50.6 Å². The maximum atomic E-state index is 15.0. The number of nitrogens with zero attached hydrogens (tertiary/aromatic N) is 3. The molecule has 0 amide bonds. The molecular weight excluding hydrogens is 670 g/mol. The van der Waals surface area contributed by atoms with Crippen molar-refractivity contribution in [3.05, 3.63) is 131 Å². The Morgan fingerprint density at radius 3 is 2.38 bits per heavy atom. The molecule has 2 heterocycles. The van der Waals surface area contributed by atoms with Gasteiger partial charge in [-0.05, 0) is 60.2 Å². The summed E-state index contributed by atoms with van der Waals surface area (Å²) >= 11 is 6.49. The summed E-state index contributed by atoms with van der Waals surface area (Å²) in [7, 11) is -3.51. The molecule has 0 radical (unpaired) electrons. The van der Waals surface area contributed by atoms with Crippen LogP contribution in [0.1, 0.15) is 27.9 Å². The maximum absolute atomic E-state index is 15.0. The van der Waals surface area contributed by atoms with E-state index in [1.54, 1.807) is 18.2 Å². The second-order valence-electron chi connectivity index (χ2n) is 10.4. The first-order chi connectivity index (χ1) is 23.0. The Kier molecular flexibility index (Phi) is 8.51. The zero-order chi connectivity index (χ0) is 34.3. The summed E-state index contributed by atoms with van der Waals surface area (Å²) in [6.45, 7) is 0. The average Bonchev–Trinajstić information content (AvgIpc) is 3.43. The standard InChI is InChI=1S/C35H20ClF4N3O4S/c1-47-35(44)26-15-29(36)25(16-30(26)38)20-3-2-4-21(13-20)33-32(28-18-42-12-11-22(28)17-41)27-14-23(37)7-10-31(27)43(33)48(45,46)24-8-5-19(6-9-24)34(39)40/h2-16,18,34H,1H3. The summed E-state index contributed by atoms with van der Waals surface area (Å²) in [6.07, 6.45) is -0.120. The van der Waals surface area contributed by atoms with Crippen molar-refractivity contribution in [1.29, 1.82) is 5.26 Å². The number of ether oxygens (including phenoxy) is 1. The average molecular weight is 690 g/mol. The van der Waals surface area contributed by atoms with Crippen LogP contribution in [0.4, 0.5) is 17.6 Å². The molecule has 7 nitrogen and oxygen atoms in total. The van der Waals surface area contributed by atoms with Crippen molar-refractivity contribution in [2.24, 2.45) is 0 Å². The Balaban J connectivity index is 1.71. The van der Waals surface area contributed by atoms with E-state index in [4.69, 9.17) is 11.6 Å². The van der Waals surface area contributed by atoms with Gasteiger partial charge in [0.25, 0.3) is 16.4 Å². The number of nitriles is 1. The molecule has 0 saturated heterocycles. The normalized spacial score (nSPS) is 11.5. The number of rotatable bonds is 7. The number of carbonyl (C=O) groups is 1. The van der Waals surface area contributed by atoms with E-state index >= 15 is 4.39 Å². The number of fused-ring (bicyclic) bond motifs is 1. The molecular formula is C35H20ClF4N3O4S. The van der Waals surface area contributed by atoms with Gasteiger partial charge >= 0.3 is 5.97 Å². The van der Waals surface area contributed by atoms with Crippen LogP contribution in [-0.4, -0.2) is 30.5 Å². The minimum absolute atomic E-state index is 0.0115. The van der Waals surface area contributed by atoms with Gasteiger partial charge in [-0.3, -0.25) is 4.98 Å². The van der Waals surface area contributed by atoms with Crippen LogP contribution in [0.2, 0.25) is 5.02 Å². The highest BCUT2D eigenvalue weighted by molar-refractivity contribution is 7.90. The SMILES string of the molecule is COC(=O)c1cc(Cl)c(-c2cccc(-c3c(-c4cnccc4C#N)c4cc(F)ccc4n3S(=O)(=O)c3ccc(C(F)F)cc3)c2)cc1F. The highest BCUT2D eigenvalue weighted by atomic mass is 35.5. The number of aromatic nitrogens is 2. The van der Waals surface area contributed by atoms with E-state index in [1.807, 2.05) is 0 Å². The first-order valence-corrected chi connectivity index (χ1v) is 15.8. The lowest BCUT2D eigenvalue weighted by Crippen LogP contribution is -2.14. The fraction of sp³-hybridized carbons (Fsp3) is 0.0571. The topological polar surface area (TPSA) is 102 Å². The Labute approximate surface area is 276 Å². The van der Waals surface area contributed by atoms with Gasteiger partial charge in [-0.15, -0.1) is 0 Å². The van der Waals surface area contributed by atoms with Gasteiger partial charge in [-0.2, -0.15) is 5.26 Å². The monoisotopic (exact) mass is 689 g/mol. The van der Waals surface area contributed by atoms with Gasteiger partial charge in [0.15, 0.2) is 0 Å². The van der Waals surface area contributed by atoms with E-state index in [9.17, 15) is 31.6 Å². The van der Waals surface area contributed by atoms with Gasteiger partial charge in [-0.1, -0.05) is 41.9 Å². The van der Waals surface area contributed by atoms with E-state index in [2.05, 4.69) is 15.8 Å². The van der Waals surface area contributed by atoms with Gasteiger partial charge in [0.2, 0.25) is 0 Å². The van der Waals surface area contributed by atoms with Crippen molar-refractivity contribution in [3.8, 4) is 39.6 Å². The van der Waals surface area contributed by atoms with Gasteiger partial charge in [0.1, 0.15) is 11.6 Å². The summed E-state index contributed by atoms with van der Waals surface area (Å²) in [5.74, 6) is -2.55. The number of hydrogen-bond donors (Lipinski definition) is 0. The van der Waals surface area contributed by atoms with Crippen LogP contribution in [0.3, 0.4) is 0 Å². The minimum Gasteiger partial charge on any atom is -0.465 e. The van der Waals surface area contributed by atoms with Crippen molar-refractivity contribution in [2.75, 3.05) is 7.11 Å². The largest absolute Gasteiger partial charge is 0.465 e. The lowest BCUT2D eigenvalue weighted by Gasteiger charge is -2.16. The van der Waals surface area contributed by atoms with Crippen LogP contribution in [0.25, 0.3) is 44.4 Å². The third kappa shape index (κ3) is 5.57. The molecule has 0 saturated carbocycles. The number of benzene rings is 4. The molecule has 48 heavy (non-hydrogen) atoms. The highest BCUT2D eigenvalue weighted by Gasteiger charge is 2.30. The Morgan fingerprint density at radius 1 is 0.958 bits per heavy atom. The van der Waals surface area contributed by atoms with E-state index in [0.717, 1.165) is 59.6 Å². The van der Waals surface area contributed by atoms with E-state index in [-0.39, 0.29) is 54.3 Å². The molecule has 6 aromatic rings. The van der Waals surface area contributed by atoms with Crippen molar-refractivity contribution in [1.82, 2.24) is 8.96 Å². The highest BCUT2D eigenvalue weighted by Crippen LogP contribution is 2.45. The molecule has 240 valence electrons. The lowest BCUT2D eigenvalue weighted by molar-refractivity contribution is 0.0595. The van der Waals surface area contributed by atoms with Crippen LogP contribution < -0.4 is 0 Å². The van der Waals surface area contributed by atoms with Crippen molar-refractivity contribution in [2.45, 2.75) is 11.3 Å². The van der Waals surface area contributed by atoms with Crippen LogP contribution in [0, 0.1) is 23.0 Å². The molecule has 0 fully saturated rings. The molecule has 2 aromatic heterocycles. The predicted octanol–water partition coefficient (Wildman–Crippen LogP) is 8.80. The molecule has 13 heteroatoms. The Morgan fingerprint density at radius 2 is 1.69 bits per heavy atom. The van der Waals surface area contributed by atoms with Gasteiger partial charge in [0.05, 0.1) is 40.4 Å². The fourth-order valence-electron chi connectivity index (χ4n) is 5.47. The number of hydrogen-bond acceptors (Lipinski definition) is 6. The second-order valence-corrected chi connectivity index (χ2v) is 12.6. The summed E-state index contributed by atoms with van der Waals surface area (Å²) in [5.41, 5.74) is 0.319. The number of esters is 1. The molecule has 0 aliphatic rings. The van der Waals surface area contributed by atoms with Crippen molar-refractivity contribution < 1.29 is 35.5 Å². The summed E-state index contributed by atoms with van der Waals surface area (Å²) in [4.78, 5) is 15.8. The molecule has 0 N–H and O–H groups in total. The van der Waals surface area contributed by atoms with Crippen molar-refractivity contribution in [3.63, 3.8) is 0 Å². The van der Waals surface area contributed by atoms with E-state index in [0.29, 0.717) is 5.56 Å². The number of methoxy groups -OCH3 is 1. The molecule has 0 unspecified atom stereocenters.